The summed E-state index contributed by atoms with van der Waals surface area (Å²) in [4.78, 5) is 2.45. The van der Waals surface area contributed by atoms with E-state index in [1.54, 1.807) is 0 Å². The highest BCUT2D eigenvalue weighted by Crippen LogP contribution is 2.61. The average molecular weight is 766 g/mol. The van der Waals surface area contributed by atoms with Crippen molar-refractivity contribution < 1.29 is 0 Å². The maximum absolute atomic E-state index is 9.68. The lowest BCUT2D eigenvalue weighted by molar-refractivity contribution is 1.29. The van der Waals surface area contributed by atoms with Crippen molar-refractivity contribution >= 4 is 84.6 Å². The van der Waals surface area contributed by atoms with Gasteiger partial charge in [0.25, 0.3) is 0 Å². The van der Waals surface area contributed by atoms with Crippen LogP contribution in [0.2, 0.25) is 0 Å². The molecule has 9 rings (SSSR count). The lowest BCUT2D eigenvalue weighted by Crippen LogP contribution is -2.46. The molecule has 0 bridgehead atoms. The van der Waals surface area contributed by atoms with E-state index in [2.05, 4.69) is 147 Å². The number of rotatable bonds is 4. The van der Waals surface area contributed by atoms with Gasteiger partial charge in [0.2, 0.25) is 0 Å². The Labute approximate surface area is 326 Å². The minimum Gasteiger partial charge on any atom is -0.308 e. The molecule has 2 heterocycles. The van der Waals surface area contributed by atoms with Crippen molar-refractivity contribution in [2.45, 2.75) is 20.8 Å². The Morgan fingerprint density at radius 1 is 0.444 bits per heavy atom. The van der Waals surface area contributed by atoms with Crippen molar-refractivity contribution in [1.82, 2.24) is 0 Å². The SMILES string of the molecule is Cc1ccc2c(c1)P(=S)(c1cccc(-c3cccc(C#N)c3)c1)c1cc(C)cc3c1N2c1ccc(C)cc1P3(=S)c1cccc(-c2cccc(C#N)c2)c1. The summed E-state index contributed by atoms with van der Waals surface area (Å²) in [5.74, 6) is 0. The highest BCUT2D eigenvalue weighted by Gasteiger charge is 2.46. The van der Waals surface area contributed by atoms with E-state index in [9.17, 15) is 10.5 Å². The first-order valence-electron chi connectivity index (χ1n) is 17.7. The van der Waals surface area contributed by atoms with Gasteiger partial charge in [0.05, 0.1) is 40.3 Å². The normalized spacial score (nSPS) is 17.8. The topological polar surface area (TPSA) is 50.8 Å². The Balaban J connectivity index is 1.35. The van der Waals surface area contributed by atoms with Crippen LogP contribution in [0.4, 0.5) is 17.1 Å². The molecule has 0 aliphatic carbocycles. The third-order valence-corrected chi connectivity index (χ3v) is 20.4. The molecular formula is C47H33N3P2S2. The molecule has 54 heavy (non-hydrogen) atoms. The summed E-state index contributed by atoms with van der Waals surface area (Å²) in [6.45, 7) is 6.47. The maximum Gasteiger partial charge on any atom is 0.0991 e. The van der Waals surface area contributed by atoms with Crippen LogP contribution in [-0.4, -0.2) is 0 Å². The first kappa shape index (κ1) is 34.4. The van der Waals surface area contributed by atoms with Crippen LogP contribution in [0.25, 0.3) is 22.3 Å². The Bertz CT molecular complexity index is 2740. The molecule has 0 aromatic heterocycles. The van der Waals surface area contributed by atoms with Crippen molar-refractivity contribution in [2.75, 3.05) is 4.90 Å². The number of fused-ring (bicyclic) bond motifs is 4. The van der Waals surface area contributed by atoms with Gasteiger partial charge in [-0.25, -0.2) is 0 Å². The highest BCUT2D eigenvalue weighted by molar-refractivity contribution is 8.27. The zero-order valence-corrected chi connectivity index (χ0v) is 33.3. The number of anilines is 3. The van der Waals surface area contributed by atoms with Crippen LogP contribution in [0.1, 0.15) is 27.8 Å². The lowest BCUT2D eigenvalue weighted by Gasteiger charge is -2.47. The van der Waals surface area contributed by atoms with E-state index in [0.29, 0.717) is 11.1 Å². The molecule has 7 heteroatoms. The molecule has 3 nitrogen and oxygen atoms in total. The number of hydrogen-bond acceptors (Lipinski definition) is 5. The number of aryl methyl sites for hydroxylation is 3. The van der Waals surface area contributed by atoms with E-state index >= 15 is 0 Å². The standard InChI is InChI=1S/C47H33N3P2S2/c1-30-16-18-41-43(20-30)51(53,39-14-6-12-37(26-39)35-10-4-8-33(24-35)28-48)45-22-32(3)23-46-47(45)50(41)42-19-17-31(2)21-44(42)52(46,54)40-15-7-13-38(27-40)36-11-5-9-34(25-36)29-49/h4-27H,1-3H3. The van der Waals surface area contributed by atoms with Crippen LogP contribution in [0.5, 0.6) is 0 Å². The molecule has 258 valence electrons. The monoisotopic (exact) mass is 765 g/mol. The third-order valence-electron chi connectivity index (χ3n) is 10.6. The number of benzene rings is 7. The molecule has 0 spiro atoms. The maximum atomic E-state index is 9.68. The Kier molecular flexibility index (Phi) is 8.21. The molecular weight excluding hydrogens is 733 g/mol. The van der Waals surface area contributed by atoms with Gasteiger partial charge in [-0.1, -0.05) is 108 Å². The second-order valence-electron chi connectivity index (χ2n) is 14.2. The van der Waals surface area contributed by atoms with Gasteiger partial charge in [-0.15, -0.1) is 0 Å². The van der Waals surface area contributed by atoms with Crippen molar-refractivity contribution in [2.24, 2.45) is 0 Å². The second-order valence-corrected chi connectivity index (χ2v) is 22.9. The van der Waals surface area contributed by atoms with Gasteiger partial charge in [0.15, 0.2) is 0 Å². The zero-order chi connectivity index (χ0) is 37.4. The summed E-state index contributed by atoms with van der Waals surface area (Å²) in [7, 11) is 0. The minimum atomic E-state index is -2.68. The van der Waals surface area contributed by atoms with E-state index in [-0.39, 0.29) is 0 Å². The van der Waals surface area contributed by atoms with Crippen molar-refractivity contribution in [1.29, 1.82) is 10.5 Å². The quantitative estimate of drug-likeness (QED) is 0.167. The molecule has 0 amide bonds. The van der Waals surface area contributed by atoms with Gasteiger partial charge in [-0.2, -0.15) is 10.5 Å². The predicted molar refractivity (Wildman–Crippen MR) is 235 cm³/mol. The van der Waals surface area contributed by atoms with Crippen LogP contribution in [0, 0.1) is 43.4 Å². The molecule has 0 fully saturated rings. The summed E-state index contributed by atoms with van der Waals surface area (Å²) >= 11 is 14.4. The number of nitriles is 2. The van der Waals surface area contributed by atoms with Crippen molar-refractivity contribution in [3.63, 3.8) is 0 Å². The first-order valence-corrected chi connectivity index (χ1v) is 23.3. The van der Waals surface area contributed by atoms with Crippen LogP contribution >= 0.6 is 12.1 Å². The van der Waals surface area contributed by atoms with Crippen LogP contribution in [0.15, 0.2) is 146 Å². The zero-order valence-electron chi connectivity index (χ0n) is 29.9. The summed E-state index contributed by atoms with van der Waals surface area (Å²) in [5.41, 5.74) is 12.1. The number of hydrogen-bond donors (Lipinski definition) is 0. The molecule has 2 aliphatic heterocycles. The van der Waals surface area contributed by atoms with E-state index in [4.69, 9.17) is 23.6 Å². The van der Waals surface area contributed by atoms with E-state index < -0.39 is 12.1 Å². The predicted octanol–water partition coefficient (Wildman–Crippen LogP) is 9.30. The average Bonchev–Trinajstić information content (AvgIpc) is 3.21. The fraction of sp³-hybridized carbons (Fsp3) is 0.0638. The summed E-state index contributed by atoms with van der Waals surface area (Å²) < 4.78 is 0. The van der Waals surface area contributed by atoms with Crippen molar-refractivity contribution in [3.8, 4) is 34.4 Å². The van der Waals surface area contributed by atoms with Gasteiger partial charge < -0.3 is 4.90 Å². The van der Waals surface area contributed by atoms with E-state index in [1.165, 1.54) is 21.7 Å². The second kappa shape index (κ2) is 12.9. The minimum absolute atomic E-state index is 0.629. The largest absolute Gasteiger partial charge is 0.308 e. The van der Waals surface area contributed by atoms with Gasteiger partial charge >= 0.3 is 0 Å². The highest BCUT2D eigenvalue weighted by atomic mass is 32.4. The smallest absolute Gasteiger partial charge is 0.0991 e. The molecule has 7 aromatic carbocycles. The van der Waals surface area contributed by atoms with Crippen LogP contribution in [0.3, 0.4) is 0 Å². The number of nitrogens with zero attached hydrogens (tertiary/aromatic N) is 3. The first-order chi connectivity index (χ1) is 26.1. The summed E-state index contributed by atoms with van der Waals surface area (Å²) in [6, 6.07) is 50.3. The molecule has 2 atom stereocenters. The van der Waals surface area contributed by atoms with E-state index in [0.717, 1.165) is 66.1 Å². The molecule has 0 N–H and O–H groups in total. The lowest BCUT2D eigenvalue weighted by atomic mass is 10.0. The van der Waals surface area contributed by atoms with Crippen LogP contribution in [-0.2, 0) is 23.6 Å². The fourth-order valence-electron chi connectivity index (χ4n) is 8.09. The Morgan fingerprint density at radius 2 is 0.833 bits per heavy atom. The third kappa shape index (κ3) is 5.20. The Morgan fingerprint density at radius 3 is 1.26 bits per heavy atom. The van der Waals surface area contributed by atoms with E-state index in [1.807, 2.05) is 36.4 Å². The molecule has 2 aliphatic rings. The van der Waals surface area contributed by atoms with Crippen molar-refractivity contribution in [3.05, 3.63) is 173 Å². The Hall–Kier alpha value is -5.38. The molecule has 0 saturated heterocycles. The van der Waals surface area contributed by atoms with Gasteiger partial charge in [-0.3, -0.25) is 0 Å². The fourth-order valence-corrected chi connectivity index (χ4v) is 17.0. The molecule has 0 saturated carbocycles. The summed E-state index contributed by atoms with van der Waals surface area (Å²) in [5, 5.41) is 26.2. The van der Waals surface area contributed by atoms with Gasteiger partial charge in [0.1, 0.15) is 0 Å². The summed E-state index contributed by atoms with van der Waals surface area (Å²) in [6.07, 6.45) is 0. The van der Waals surface area contributed by atoms with Crippen LogP contribution < -0.4 is 36.7 Å². The molecule has 0 radical (unpaired) electrons. The van der Waals surface area contributed by atoms with Gasteiger partial charge in [-0.05, 0) is 132 Å². The molecule has 7 aromatic rings. The molecule has 2 unspecified atom stereocenters. The van der Waals surface area contributed by atoms with Gasteiger partial charge in [0, 0.05) is 33.3 Å².